The van der Waals surface area contributed by atoms with Crippen molar-refractivity contribution in [1.82, 2.24) is 19.5 Å². The predicted octanol–water partition coefficient (Wildman–Crippen LogP) is 7.48. The molecule has 2 aliphatic rings. The van der Waals surface area contributed by atoms with Gasteiger partial charge >= 0.3 is 13.1 Å². The Kier molecular flexibility index (Phi) is 14.0. The van der Waals surface area contributed by atoms with E-state index in [-0.39, 0.29) is 6.03 Å². The third-order valence-corrected chi connectivity index (χ3v) is 8.96. The van der Waals surface area contributed by atoms with Gasteiger partial charge in [-0.3, -0.25) is 4.72 Å². The molecule has 2 aromatic carbocycles. The fourth-order valence-electron chi connectivity index (χ4n) is 5.27. The van der Waals surface area contributed by atoms with Gasteiger partial charge in [0.25, 0.3) is 0 Å². The Hall–Kier alpha value is -3.91. The molecule has 4 aromatic rings. The van der Waals surface area contributed by atoms with E-state index in [9.17, 15) is 4.79 Å². The van der Waals surface area contributed by atoms with Crippen molar-refractivity contribution in [1.29, 1.82) is 0 Å². The highest BCUT2D eigenvalue weighted by Gasteiger charge is 2.51. The molecule has 0 spiro atoms. The molecule has 1 aliphatic carbocycles. The molecule has 1 fully saturated rings. The first-order valence-corrected chi connectivity index (χ1v) is 17.0. The Labute approximate surface area is 288 Å². The molecule has 2 amide bonds. The maximum atomic E-state index is 13.1. The van der Waals surface area contributed by atoms with Crippen molar-refractivity contribution >= 4 is 36.2 Å². The number of benzene rings is 2. The van der Waals surface area contributed by atoms with Crippen LogP contribution in [-0.2, 0) is 22.2 Å². The van der Waals surface area contributed by atoms with E-state index in [2.05, 4.69) is 32.3 Å². The number of methoxy groups -OCH3 is 1. The summed E-state index contributed by atoms with van der Waals surface area (Å²) in [6.07, 6.45) is 6.57. The van der Waals surface area contributed by atoms with Gasteiger partial charge in [-0.1, -0.05) is 56.5 Å². The molecule has 1 saturated heterocycles. The van der Waals surface area contributed by atoms with Gasteiger partial charge in [0.05, 0.1) is 29.7 Å². The smallest absolute Gasteiger partial charge is 0.481 e. The van der Waals surface area contributed by atoms with Crippen LogP contribution in [-0.4, -0.2) is 51.5 Å². The van der Waals surface area contributed by atoms with Gasteiger partial charge < -0.3 is 19.4 Å². The van der Waals surface area contributed by atoms with Gasteiger partial charge in [-0.05, 0) is 93.4 Å². The third kappa shape index (κ3) is 8.76. The van der Waals surface area contributed by atoms with Crippen LogP contribution in [0.1, 0.15) is 72.9 Å². The van der Waals surface area contributed by atoms with Gasteiger partial charge in [-0.25, -0.2) is 19.8 Å². The third-order valence-electron chi connectivity index (χ3n) is 8.25. The minimum Gasteiger partial charge on any atom is -0.481 e. The second kappa shape index (κ2) is 17.5. The first kappa shape index (κ1) is 38.5. The number of halogens is 1. The van der Waals surface area contributed by atoms with E-state index in [1.807, 2.05) is 104 Å². The zero-order valence-electron chi connectivity index (χ0n) is 29.3. The Morgan fingerprint density at radius 2 is 1.71 bits per heavy atom. The highest BCUT2D eigenvalue weighted by Crippen LogP contribution is 2.39. The van der Waals surface area contributed by atoms with Crippen LogP contribution >= 0.6 is 11.9 Å². The van der Waals surface area contributed by atoms with Crippen molar-refractivity contribution in [3.63, 3.8) is 0 Å². The lowest BCUT2D eigenvalue weighted by Crippen LogP contribution is -2.41. The molecule has 258 valence electrons. The molecule has 0 saturated carbocycles. The number of rotatable bonds is 7. The summed E-state index contributed by atoms with van der Waals surface area (Å²) in [6.45, 7) is 16.2. The number of amides is 2. The number of aromatic nitrogens is 3. The summed E-state index contributed by atoms with van der Waals surface area (Å²) < 4.78 is 30.9. The first-order chi connectivity index (χ1) is 23.1. The van der Waals surface area contributed by atoms with E-state index < -0.39 is 18.3 Å². The fraction of sp³-hybridized carbons (Fsp3) is 0.400. The Bertz CT molecular complexity index is 1640. The average molecular weight is 680 g/mol. The second-order valence-corrected chi connectivity index (χ2v) is 12.3. The van der Waals surface area contributed by atoms with E-state index in [0.29, 0.717) is 10.9 Å². The highest BCUT2D eigenvalue weighted by molar-refractivity contribution is 7.97. The van der Waals surface area contributed by atoms with Crippen molar-refractivity contribution < 1.29 is 28.7 Å². The summed E-state index contributed by atoms with van der Waals surface area (Å²) in [4.78, 5) is 17.3. The molecule has 0 bridgehead atoms. The monoisotopic (exact) mass is 679 g/mol. The fourth-order valence-corrected chi connectivity index (χ4v) is 5.78. The maximum Gasteiger partial charge on any atom is 0.494 e. The number of hydrogen-bond acceptors (Lipinski definition) is 8. The van der Waals surface area contributed by atoms with E-state index in [0.717, 1.165) is 59.2 Å². The van der Waals surface area contributed by atoms with Crippen molar-refractivity contribution in [2.75, 3.05) is 12.4 Å². The quantitative estimate of drug-likeness (QED) is 0.136. The van der Waals surface area contributed by atoms with E-state index in [1.54, 1.807) is 18.0 Å². The van der Waals surface area contributed by atoms with Gasteiger partial charge in [0.15, 0.2) is 0 Å². The summed E-state index contributed by atoms with van der Waals surface area (Å²) >= 11 is 1.16. The number of ether oxygens (including phenoxy) is 1. The zero-order valence-corrected chi connectivity index (χ0v) is 30.1. The SMILES string of the molecule is CC.CC.COc1cc(-c2ccc3c(c2NC(=O)NSc2ccn(-c4cccc(B5OC(C)(C)C(C)(C)O5)c4)n2)CCC3)ccn1.OF. The van der Waals surface area contributed by atoms with Crippen molar-refractivity contribution in [2.45, 2.75) is 90.9 Å². The number of hydrogen-bond donors (Lipinski definition) is 3. The normalized spacial score (nSPS) is 15.0. The van der Waals surface area contributed by atoms with Gasteiger partial charge in [-0.15, -0.1) is 0 Å². The standard InChI is InChI=1S/C31H34BN5O4S.2C2H6.FHO/c1-30(2)31(3,4)41-32(40-30)22-9-7-10-23(19-22)37-17-15-27(35-37)42-36-29(38)34-28-24-11-6-8-20(24)12-13-25(28)21-14-16-33-26(18-21)39-5;3*1-2/h7,9-10,12-19H,6,8,11H2,1-5H3,(H2,34,36,38);2*1-2H3;2H. The number of fused-ring (bicyclic) bond motifs is 1. The number of nitrogens with one attached hydrogen (secondary N) is 2. The summed E-state index contributed by atoms with van der Waals surface area (Å²) in [7, 11) is 1.14. The molecule has 0 radical (unpaired) electrons. The molecular weight excluding hydrogens is 632 g/mol. The summed E-state index contributed by atoms with van der Waals surface area (Å²) in [5.74, 6) is 0.524. The van der Waals surface area contributed by atoms with Gasteiger partial charge in [0, 0.05) is 36.0 Å². The van der Waals surface area contributed by atoms with Crippen LogP contribution in [0.25, 0.3) is 16.8 Å². The molecule has 1 aliphatic heterocycles. The first-order valence-electron chi connectivity index (χ1n) is 16.2. The van der Waals surface area contributed by atoms with E-state index >= 15 is 0 Å². The zero-order chi connectivity index (χ0) is 35.5. The van der Waals surface area contributed by atoms with Gasteiger partial charge in [-0.2, -0.15) is 5.10 Å². The lowest BCUT2D eigenvalue weighted by molar-refractivity contribution is -0.0441. The number of aryl methyl sites for hydroxylation is 1. The summed E-state index contributed by atoms with van der Waals surface area (Å²) in [5, 5.41) is 13.9. The van der Waals surface area contributed by atoms with E-state index in [4.69, 9.17) is 23.9 Å². The van der Waals surface area contributed by atoms with Crippen LogP contribution in [0.4, 0.5) is 15.0 Å². The average Bonchev–Trinajstić information content (AvgIpc) is 3.85. The van der Waals surface area contributed by atoms with Crippen LogP contribution in [0.15, 0.2) is 72.0 Å². The molecule has 3 N–H and O–H groups in total. The number of carbonyl (C=O) groups is 1. The van der Waals surface area contributed by atoms with Crippen molar-refractivity contribution in [3.05, 3.63) is 78.1 Å². The molecule has 3 heterocycles. The Balaban J connectivity index is 0.000000987. The van der Waals surface area contributed by atoms with Crippen LogP contribution in [0.5, 0.6) is 5.88 Å². The highest BCUT2D eigenvalue weighted by atomic mass is 32.2. The number of anilines is 1. The molecule has 13 heteroatoms. The maximum absolute atomic E-state index is 13.1. The topological polar surface area (TPSA) is 120 Å². The lowest BCUT2D eigenvalue weighted by Gasteiger charge is -2.32. The number of carbonyl (C=O) groups excluding carboxylic acids is 1. The van der Waals surface area contributed by atoms with Crippen molar-refractivity contribution in [3.8, 4) is 22.7 Å². The predicted molar refractivity (Wildman–Crippen MR) is 192 cm³/mol. The van der Waals surface area contributed by atoms with Crippen LogP contribution in [0.2, 0.25) is 0 Å². The number of pyridine rings is 1. The molecule has 2 aromatic heterocycles. The molecule has 10 nitrogen and oxygen atoms in total. The van der Waals surface area contributed by atoms with Gasteiger partial charge in [0.1, 0.15) is 5.03 Å². The molecule has 48 heavy (non-hydrogen) atoms. The number of nitrogens with zero attached hydrogens (tertiary/aromatic N) is 3. The largest absolute Gasteiger partial charge is 0.494 e. The number of urea groups is 1. The van der Waals surface area contributed by atoms with Gasteiger partial charge in [0.2, 0.25) is 5.88 Å². The molecule has 0 unspecified atom stereocenters. The summed E-state index contributed by atoms with van der Waals surface area (Å²) in [6, 6.07) is 17.5. The van der Waals surface area contributed by atoms with Crippen LogP contribution in [0, 0.1) is 0 Å². The van der Waals surface area contributed by atoms with Crippen LogP contribution < -0.4 is 20.2 Å². The molecular formula is C35H47BFN5O5S. The molecule has 6 rings (SSSR count). The lowest BCUT2D eigenvalue weighted by atomic mass is 9.79. The molecule has 0 atom stereocenters. The summed E-state index contributed by atoms with van der Waals surface area (Å²) in [5.41, 5.74) is 6.09. The Morgan fingerprint density at radius 1 is 1.00 bits per heavy atom. The van der Waals surface area contributed by atoms with Crippen molar-refractivity contribution in [2.24, 2.45) is 0 Å². The Morgan fingerprint density at radius 3 is 2.40 bits per heavy atom. The second-order valence-electron chi connectivity index (χ2n) is 11.5. The minimum absolute atomic E-state index is 0.320. The van der Waals surface area contributed by atoms with Crippen LogP contribution in [0.3, 0.4) is 0 Å². The van der Waals surface area contributed by atoms with E-state index in [1.165, 1.54) is 11.1 Å². The minimum atomic E-state index is -0.456.